The van der Waals surface area contributed by atoms with E-state index in [-0.39, 0.29) is 0 Å². The summed E-state index contributed by atoms with van der Waals surface area (Å²) < 4.78 is 98.0. The lowest BCUT2D eigenvalue weighted by Crippen LogP contribution is -2.09. The van der Waals surface area contributed by atoms with Gasteiger partial charge in [-0.2, -0.15) is 10.5 Å². The standard InChI is InChI=1S/C16H2F7N3/c1-26-16-14(22)12(20)8(13(21)15(16)23)7-6(4-25)11(19)10(18)5(2-3-24)9(7)17/h2H2. The van der Waals surface area contributed by atoms with Crippen LogP contribution in [0.25, 0.3) is 16.0 Å². The minimum absolute atomic E-state index is 0.959. The van der Waals surface area contributed by atoms with E-state index >= 15 is 0 Å². The predicted molar refractivity (Wildman–Crippen MR) is 71.9 cm³/mol. The molecule has 0 heterocycles. The van der Waals surface area contributed by atoms with Gasteiger partial charge in [0.1, 0.15) is 17.4 Å². The normalized spacial score (nSPS) is 10.2. The van der Waals surface area contributed by atoms with Crippen molar-refractivity contribution in [2.45, 2.75) is 6.42 Å². The molecule has 130 valence electrons. The molecule has 0 N–H and O–H groups in total. The van der Waals surface area contributed by atoms with Gasteiger partial charge in [-0.05, 0) is 0 Å². The molecule has 2 rings (SSSR count). The maximum atomic E-state index is 14.5. The third kappa shape index (κ3) is 2.51. The highest BCUT2D eigenvalue weighted by molar-refractivity contribution is 5.76. The van der Waals surface area contributed by atoms with Gasteiger partial charge >= 0.3 is 0 Å². The number of rotatable bonds is 2. The Morgan fingerprint density at radius 3 is 1.69 bits per heavy atom. The summed E-state index contributed by atoms with van der Waals surface area (Å²) in [4.78, 5) is 2.25. The van der Waals surface area contributed by atoms with E-state index < -0.39 is 75.1 Å². The summed E-state index contributed by atoms with van der Waals surface area (Å²) in [5.74, 6) is -14.9. The fraction of sp³-hybridized carbons (Fsp3) is 0.0625. The summed E-state index contributed by atoms with van der Waals surface area (Å²) in [6.45, 7) is 6.51. The van der Waals surface area contributed by atoms with Crippen LogP contribution in [-0.2, 0) is 6.42 Å². The number of halogens is 7. The van der Waals surface area contributed by atoms with Crippen molar-refractivity contribution in [3.05, 3.63) is 63.3 Å². The Hall–Kier alpha value is -3.58. The lowest BCUT2D eigenvalue weighted by molar-refractivity contribution is 0.460. The Morgan fingerprint density at radius 1 is 0.731 bits per heavy atom. The van der Waals surface area contributed by atoms with E-state index in [1.54, 1.807) is 0 Å². The molecular weight excluding hydrogens is 367 g/mol. The maximum absolute atomic E-state index is 14.5. The second-order valence-corrected chi connectivity index (χ2v) is 4.71. The van der Waals surface area contributed by atoms with Gasteiger partial charge < -0.3 is 0 Å². The van der Waals surface area contributed by atoms with Crippen LogP contribution in [-0.4, -0.2) is 0 Å². The molecule has 0 aliphatic heterocycles. The van der Waals surface area contributed by atoms with Crippen molar-refractivity contribution in [1.82, 2.24) is 0 Å². The van der Waals surface area contributed by atoms with Crippen molar-refractivity contribution < 1.29 is 30.7 Å². The van der Waals surface area contributed by atoms with Crippen LogP contribution < -0.4 is 0 Å². The molecule has 0 unspecified atom stereocenters. The van der Waals surface area contributed by atoms with Crippen LogP contribution >= 0.6 is 0 Å². The molecule has 0 radical (unpaired) electrons. The molecular formula is C16H2F7N3. The zero-order valence-corrected chi connectivity index (χ0v) is 12.2. The van der Waals surface area contributed by atoms with Crippen LogP contribution in [0.2, 0.25) is 0 Å². The molecule has 0 saturated carbocycles. The Morgan fingerprint density at radius 2 is 1.27 bits per heavy atom. The van der Waals surface area contributed by atoms with Crippen LogP contribution in [0.1, 0.15) is 11.1 Å². The second-order valence-electron chi connectivity index (χ2n) is 4.71. The van der Waals surface area contributed by atoms with E-state index in [1.807, 2.05) is 0 Å². The predicted octanol–water partition coefficient (Wildman–Crippen LogP) is 4.82. The van der Waals surface area contributed by atoms with Gasteiger partial charge in [-0.1, -0.05) is 0 Å². The highest BCUT2D eigenvalue weighted by atomic mass is 19.2. The Kier molecular flexibility index (Phi) is 4.86. The number of hydrogen-bond donors (Lipinski definition) is 0. The molecule has 0 bridgehead atoms. The molecule has 0 saturated heterocycles. The van der Waals surface area contributed by atoms with E-state index in [2.05, 4.69) is 4.85 Å². The minimum atomic E-state index is -2.28. The third-order valence-electron chi connectivity index (χ3n) is 3.38. The molecule has 0 fully saturated rings. The summed E-state index contributed by atoms with van der Waals surface area (Å²) in [7, 11) is 0. The first-order valence-corrected chi connectivity index (χ1v) is 6.42. The number of hydrogen-bond acceptors (Lipinski definition) is 2. The maximum Gasteiger partial charge on any atom is 0.262 e. The van der Waals surface area contributed by atoms with Crippen molar-refractivity contribution in [2.75, 3.05) is 0 Å². The summed E-state index contributed by atoms with van der Waals surface area (Å²) >= 11 is 0. The minimum Gasteiger partial charge on any atom is -0.232 e. The highest BCUT2D eigenvalue weighted by Gasteiger charge is 2.33. The first kappa shape index (κ1) is 18.8. The molecule has 0 spiro atoms. The molecule has 0 amide bonds. The molecule has 0 aromatic heterocycles. The molecule has 2 aromatic carbocycles. The summed E-state index contributed by atoms with van der Waals surface area (Å²) in [6, 6.07) is 2.23. The topological polar surface area (TPSA) is 51.9 Å². The van der Waals surface area contributed by atoms with E-state index in [9.17, 15) is 30.7 Å². The van der Waals surface area contributed by atoms with E-state index in [0.29, 0.717) is 0 Å². The molecule has 2 aromatic rings. The van der Waals surface area contributed by atoms with Crippen LogP contribution in [0.5, 0.6) is 0 Å². The van der Waals surface area contributed by atoms with Crippen LogP contribution in [0.3, 0.4) is 0 Å². The van der Waals surface area contributed by atoms with Crippen molar-refractivity contribution in [2.24, 2.45) is 0 Å². The van der Waals surface area contributed by atoms with Crippen LogP contribution in [0.4, 0.5) is 36.4 Å². The van der Waals surface area contributed by atoms with Crippen molar-refractivity contribution in [1.29, 1.82) is 10.5 Å². The van der Waals surface area contributed by atoms with Crippen molar-refractivity contribution in [3.8, 4) is 23.3 Å². The molecule has 26 heavy (non-hydrogen) atoms. The fourth-order valence-corrected chi connectivity index (χ4v) is 2.22. The quantitative estimate of drug-likeness (QED) is 0.433. The Balaban J connectivity index is 3.12. The molecule has 10 heteroatoms. The van der Waals surface area contributed by atoms with Gasteiger partial charge in [0.25, 0.3) is 5.69 Å². The molecule has 0 aliphatic rings. The van der Waals surface area contributed by atoms with Gasteiger partial charge in [0.2, 0.25) is 0 Å². The smallest absolute Gasteiger partial charge is 0.232 e. The lowest BCUT2D eigenvalue weighted by atomic mass is 9.93. The first-order chi connectivity index (χ1) is 12.2. The van der Waals surface area contributed by atoms with Gasteiger partial charge in [0.05, 0.1) is 24.6 Å². The van der Waals surface area contributed by atoms with Crippen molar-refractivity contribution in [3.63, 3.8) is 0 Å². The average Bonchev–Trinajstić information content (AvgIpc) is 2.62. The SMILES string of the molecule is [C-]#[N+]c1c(F)c(F)c(-c2c(F)c(CC#N)c(F)c(F)c2C#N)c(F)c1F. The molecule has 3 nitrogen and oxygen atoms in total. The average molecular weight is 369 g/mol. The first-order valence-electron chi connectivity index (χ1n) is 6.42. The largest absolute Gasteiger partial charge is 0.262 e. The number of nitrogens with zero attached hydrogens (tertiary/aromatic N) is 3. The zero-order chi connectivity index (χ0) is 19.8. The van der Waals surface area contributed by atoms with E-state index in [0.717, 1.165) is 6.07 Å². The Bertz CT molecular complexity index is 1040. The summed E-state index contributed by atoms with van der Waals surface area (Å²) in [5.41, 5.74) is -7.95. The zero-order valence-electron chi connectivity index (χ0n) is 12.2. The van der Waals surface area contributed by atoms with Gasteiger partial charge in [0, 0.05) is 11.1 Å². The Labute approximate surface area is 140 Å². The van der Waals surface area contributed by atoms with Crippen LogP contribution in [0.15, 0.2) is 0 Å². The van der Waals surface area contributed by atoms with E-state index in [1.165, 1.54) is 6.07 Å². The fourth-order valence-electron chi connectivity index (χ4n) is 2.22. The summed E-state index contributed by atoms with van der Waals surface area (Å²) in [6.07, 6.45) is -1.10. The monoisotopic (exact) mass is 369 g/mol. The van der Waals surface area contributed by atoms with Gasteiger partial charge in [0.15, 0.2) is 34.9 Å². The molecule has 0 atom stereocenters. The third-order valence-corrected chi connectivity index (χ3v) is 3.38. The van der Waals surface area contributed by atoms with Gasteiger partial charge in [-0.3, -0.25) is 0 Å². The van der Waals surface area contributed by atoms with E-state index in [4.69, 9.17) is 17.1 Å². The second kappa shape index (κ2) is 6.73. The summed E-state index contributed by atoms with van der Waals surface area (Å²) in [5, 5.41) is 17.4. The van der Waals surface area contributed by atoms with Gasteiger partial charge in [-0.15, -0.1) is 0 Å². The highest BCUT2D eigenvalue weighted by Crippen LogP contribution is 2.40. The van der Waals surface area contributed by atoms with Crippen LogP contribution in [0, 0.1) is 70.0 Å². The van der Waals surface area contributed by atoms with Gasteiger partial charge in [-0.25, -0.2) is 35.6 Å². The lowest BCUT2D eigenvalue weighted by Gasteiger charge is -2.14. The van der Waals surface area contributed by atoms with Crippen molar-refractivity contribution >= 4 is 5.69 Å². The number of nitriles is 2. The molecule has 0 aliphatic carbocycles. The number of benzene rings is 2.